The molecule has 0 saturated heterocycles. The van der Waals surface area contributed by atoms with E-state index in [9.17, 15) is 13.2 Å². The molecule has 0 bridgehead atoms. The van der Waals surface area contributed by atoms with Crippen LogP contribution < -0.4 is 17.0 Å². The number of benzene rings is 1. The first-order chi connectivity index (χ1) is 4.20. The van der Waals surface area contributed by atoms with E-state index >= 15 is 0 Å². The van der Waals surface area contributed by atoms with Gasteiger partial charge in [0.05, 0.1) is 0 Å². The average Bonchev–Trinajstić information content (AvgIpc) is 1.80. The summed E-state index contributed by atoms with van der Waals surface area (Å²) in [6.07, 6.45) is 0. The molecule has 0 amide bonds. The van der Waals surface area contributed by atoms with Crippen molar-refractivity contribution in [3.63, 3.8) is 0 Å². The second-order valence-electron chi connectivity index (χ2n) is 1.56. The molecule has 0 spiro atoms. The average molecular weight is 251 g/mol. The molecule has 64 valence electrons. The Morgan fingerprint density at radius 3 is 1.75 bits per heavy atom. The summed E-state index contributed by atoms with van der Waals surface area (Å²) in [7, 11) is 0. The molecule has 0 aliphatic carbocycles. The van der Waals surface area contributed by atoms with Gasteiger partial charge in [-0.3, -0.25) is 0 Å². The van der Waals surface area contributed by atoms with Crippen LogP contribution in [0.15, 0.2) is 18.2 Å². The van der Waals surface area contributed by atoms with E-state index < -0.39 is 17.5 Å². The molecule has 1 aromatic rings. The van der Waals surface area contributed by atoms with Gasteiger partial charge < -0.3 is 24.4 Å². The molecule has 0 saturated carbocycles. The molecular formula is C7H6BrF3Mg. The number of hydrogen-bond acceptors (Lipinski definition) is 0. The van der Waals surface area contributed by atoms with E-state index in [4.69, 9.17) is 0 Å². The first-order valence-corrected chi connectivity index (χ1v) is 2.30. The van der Waals surface area contributed by atoms with E-state index in [0.717, 1.165) is 12.1 Å². The fourth-order valence-electron chi connectivity index (χ4n) is 0.470. The Bertz CT molecular complexity index is 230. The Morgan fingerprint density at radius 1 is 0.917 bits per heavy atom. The quantitative estimate of drug-likeness (QED) is 0.321. The molecule has 0 nitrogen and oxygen atoms in total. The van der Waals surface area contributed by atoms with Crippen LogP contribution >= 0.6 is 0 Å². The van der Waals surface area contributed by atoms with Crippen molar-refractivity contribution >= 4 is 23.1 Å². The molecule has 0 N–H and O–H groups in total. The minimum Gasteiger partial charge on any atom is -1.00 e. The molecule has 1 rings (SSSR count). The summed E-state index contributed by atoms with van der Waals surface area (Å²) in [5, 5.41) is 0. The van der Waals surface area contributed by atoms with E-state index in [-0.39, 0.29) is 47.5 Å². The SMILES string of the molecule is Fc1ccc(F)c(F)c1.[Br-].[CH3-].[Mg+2]. The normalized spacial score (nSPS) is 7.25. The first kappa shape index (κ1) is 18.1. The molecule has 0 radical (unpaired) electrons. The van der Waals surface area contributed by atoms with Gasteiger partial charge in [-0.15, -0.1) is 0 Å². The predicted octanol–water partition coefficient (Wildman–Crippen LogP) is -0.823. The zero-order valence-electron chi connectivity index (χ0n) is 6.45. The third-order valence-corrected chi connectivity index (χ3v) is 0.882. The summed E-state index contributed by atoms with van der Waals surface area (Å²) < 4.78 is 35.9. The number of hydrogen-bond donors (Lipinski definition) is 0. The van der Waals surface area contributed by atoms with Gasteiger partial charge >= 0.3 is 23.1 Å². The molecule has 0 aliphatic rings. The third kappa shape index (κ3) is 5.00. The van der Waals surface area contributed by atoms with E-state index in [1.807, 2.05) is 0 Å². The maximum absolute atomic E-state index is 12.0. The van der Waals surface area contributed by atoms with Gasteiger partial charge in [-0.2, -0.15) is 0 Å². The van der Waals surface area contributed by atoms with Crippen molar-refractivity contribution in [1.82, 2.24) is 0 Å². The maximum atomic E-state index is 12.0. The predicted molar refractivity (Wildman–Crippen MR) is 38.5 cm³/mol. The van der Waals surface area contributed by atoms with Crippen molar-refractivity contribution in [3.8, 4) is 0 Å². The second-order valence-corrected chi connectivity index (χ2v) is 1.56. The van der Waals surface area contributed by atoms with Crippen molar-refractivity contribution in [1.29, 1.82) is 0 Å². The largest absolute Gasteiger partial charge is 2.00 e. The van der Waals surface area contributed by atoms with Crippen LogP contribution in [-0.4, -0.2) is 23.1 Å². The van der Waals surface area contributed by atoms with Gasteiger partial charge in [-0.05, 0) is 12.1 Å². The number of rotatable bonds is 0. The molecule has 0 atom stereocenters. The summed E-state index contributed by atoms with van der Waals surface area (Å²) in [4.78, 5) is 0. The van der Waals surface area contributed by atoms with Crippen LogP contribution in [0.2, 0.25) is 0 Å². The first-order valence-electron chi connectivity index (χ1n) is 2.30. The molecule has 0 aromatic heterocycles. The van der Waals surface area contributed by atoms with Crippen LogP contribution in [-0.2, 0) is 0 Å². The van der Waals surface area contributed by atoms with Crippen molar-refractivity contribution in [2.75, 3.05) is 0 Å². The molecule has 5 heteroatoms. The Kier molecular flexibility index (Phi) is 11.9. The monoisotopic (exact) mass is 250 g/mol. The minimum atomic E-state index is -1.16. The van der Waals surface area contributed by atoms with Crippen LogP contribution in [0.4, 0.5) is 13.2 Å². The van der Waals surface area contributed by atoms with Gasteiger partial charge in [0, 0.05) is 6.07 Å². The summed E-state index contributed by atoms with van der Waals surface area (Å²) in [5.74, 6) is -2.96. The smallest absolute Gasteiger partial charge is 1.00 e. The zero-order valence-corrected chi connectivity index (χ0v) is 9.45. The third-order valence-electron chi connectivity index (χ3n) is 0.882. The summed E-state index contributed by atoms with van der Waals surface area (Å²) >= 11 is 0. The van der Waals surface area contributed by atoms with Gasteiger partial charge in [0.15, 0.2) is 11.6 Å². The summed E-state index contributed by atoms with van der Waals surface area (Å²) in [5.41, 5.74) is 0. The molecule has 1 aromatic carbocycles. The topological polar surface area (TPSA) is 0 Å². The van der Waals surface area contributed by atoms with E-state index in [2.05, 4.69) is 0 Å². The van der Waals surface area contributed by atoms with Gasteiger partial charge in [-0.25, -0.2) is 13.2 Å². The van der Waals surface area contributed by atoms with Crippen LogP contribution in [0.25, 0.3) is 0 Å². The van der Waals surface area contributed by atoms with E-state index in [1.54, 1.807) is 0 Å². The minimum absolute atomic E-state index is 0. The molecule has 0 heterocycles. The van der Waals surface area contributed by atoms with Crippen molar-refractivity contribution in [2.24, 2.45) is 0 Å². The Hall–Kier alpha value is 0.256. The van der Waals surface area contributed by atoms with Crippen molar-refractivity contribution in [3.05, 3.63) is 43.1 Å². The molecule has 12 heavy (non-hydrogen) atoms. The van der Waals surface area contributed by atoms with Crippen LogP contribution in [0.1, 0.15) is 0 Å². The molecule has 0 aliphatic heterocycles. The van der Waals surface area contributed by atoms with E-state index in [0.29, 0.717) is 6.07 Å². The standard InChI is InChI=1S/C6H3F3.CH3.BrH.Mg/c7-4-1-2-5(8)6(9)3-4;;;/h1-3H;1H3;1H;/q;-1;;+2/p-1. The van der Waals surface area contributed by atoms with E-state index in [1.165, 1.54) is 0 Å². The van der Waals surface area contributed by atoms with Crippen molar-refractivity contribution in [2.45, 2.75) is 0 Å². The Balaban J connectivity index is -0.000000270. The fraction of sp³-hybridized carbons (Fsp3) is 0. The summed E-state index contributed by atoms with van der Waals surface area (Å²) in [6.45, 7) is 0. The van der Waals surface area contributed by atoms with Gasteiger partial charge in [-0.1, -0.05) is 0 Å². The molecule has 0 unspecified atom stereocenters. The zero-order chi connectivity index (χ0) is 6.85. The van der Waals surface area contributed by atoms with Crippen LogP contribution in [0.5, 0.6) is 0 Å². The van der Waals surface area contributed by atoms with Gasteiger partial charge in [0.2, 0.25) is 0 Å². The Morgan fingerprint density at radius 2 is 1.42 bits per heavy atom. The van der Waals surface area contributed by atoms with Gasteiger partial charge in [0.25, 0.3) is 0 Å². The Labute approximate surface area is 96.1 Å². The second kappa shape index (κ2) is 7.88. The van der Waals surface area contributed by atoms with Crippen molar-refractivity contribution < 1.29 is 30.2 Å². The van der Waals surface area contributed by atoms with Crippen LogP contribution in [0.3, 0.4) is 0 Å². The molecule has 0 fully saturated rings. The fourth-order valence-corrected chi connectivity index (χ4v) is 0.470. The summed E-state index contributed by atoms with van der Waals surface area (Å²) in [6, 6.07) is 2.10. The number of halogens is 4. The van der Waals surface area contributed by atoms with Crippen LogP contribution in [0, 0.1) is 24.9 Å². The maximum Gasteiger partial charge on any atom is 2.00 e. The van der Waals surface area contributed by atoms with Gasteiger partial charge in [0.1, 0.15) is 5.82 Å². The molecular weight excluding hydrogens is 245 g/mol.